The molecule has 0 bridgehead atoms. The molecule has 0 aromatic heterocycles. The smallest absolute Gasteiger partial charge is 0.123 e. The lowest BCUT2D eigenvalue weighted by Gasteiger charge is -2.09. The maximum atomic E-state index is 12.7. The van der Waals surface area contributed by atoms with Crippen LogP contribution in [-0.2, 0) is 0 Å². The van der Waals surface area contributed by atoms with Crippen LogP contribution in [0.15, 0.2) is 18.2 Å². The first kappa shape index (κ1) is 9.89. The lowest BCUT2D eigenvalue weighted by molar-refractivity contribution is 0.445. The van der Waals surface area contributed by atoms with Crippen molar-refractivity contribution in [2.45, 2.75) is 12.8 Å². The molecule has 0 nitrogen and oxygen atoms in total. The van der Waals surface area contributed by atoms with Crippen LogP contribution in [-0.4, -0.2) is 6.67 Å². The van der Waals surface area contributed by atoms with E-state index in [0.717, 1.165) is 9.13 Å². The van der Waals surface area contributed by atoms with Crippen molar-refractivity contribution in [3.8, 4) is 0 Å². The van der Waals surface area contributed by atoms with E-state index < -0.39 is 6.67 Å². The second-order valence-electron chi connectivity index (χ2n) is 2.72. The Morgan fingerprint density at radius 3 is 2.75 bits per heavy atom. The lowest BCUT2D eigenvalue weighted by Crippen LogP contribution is -1.98. The predicted octanol–water partition coefficient (Wildman–Crippen LogP) is 3.50. The Labute approximate surface area is 84.1 Å². The first-order valence-corrected chi connectivity index (χ1v) is 4.74. The van der Waals surface area contributed by atoms with Gasteiger partial charge in [0, 0.05) is 9.49 Å². The first-order valence-electron chi connectivity index (χ1n) is 3.66. The fraction of sp³-hybridized carbons (Fsp3) is 0.333. The van der Waals surface area contributed by atoms with Gasteiger partial charge in [-0.2, -0.15) is 0 Å². The Balaban J connectivity index is 3.04. The molecular weight excluding hydrogens is 273 g/mol. The second kappa shape index (κ2) is 4.16. The number of rotatable bonds is 2. The second-order valence-corrected chi connectivity index (χ2v) is 3.88. The zero-order chi connectivity index (χ0) is 9.14. The number of hydrogen-bond acceptors (Lipinski definition) is 0. The fourth-order valence-electron chi connectivity index (χ4n) is 0.975. The minimum Gasteiger partial charge on any atom is -0.250 e. The largest absolute Gasteiger partial charge is 0.250 e. The van der Waals surface area contributed by atoms with Crippen molar-refractivity contribution >= 4 is 22.6 Å². The van der Waals surface area contributed by atoms with E-state index in [9.17, 15) is 8.78 Å². The minimum absolute atomic E-state index is 0.215. The van der Waals surface area contributed by atoms with Gasteiger partial charge in [-0.15, -0.1) is 0 Å². The highest BCUT2D eigenvalue weighted by molar-refractivity contribution is 14.1. The summed E-state index contributed by atoms with van der Waals surface area (Å²) in [5, 5.41) is 0. The SMILES string of the molecule is CC(CF)c1cc(F)ccc1I. The first-order chi connectivity index (χ1) is 5.65. The Morgan fingerprint density at radius 1 is 1.50 bits per heavy atom. The van der Waals surface area contributed by atoms with Gasteiger partial charge in [0.05, 0.1) is 6.67 Å². The van der Waals surface area contributed by atoms with Crippen LogP contribution < -0.4 is 0 Å². The summed E-state index contributed by atoms with van der Waals surface area (Å²) < 4.78 is 25.9. The van der Waals surface area contributed by atoms with Crippen LogP contribution in [0.1, 0.15) is 18.4 Å². The van der Waals surface area contributed by atoms with Gasteiger partial charge < -0.3 is 0 Å². The van der Waals surface area contributed by atoms with Crippen LogP contribution in [0.5, 0.6) is 0 Å². The Kier molecular flexibility index (Phi) is 3.43. The van der Waals surface area contributed by atoms with E-state index in [1.165, 1.54) is 12.1 Å². The summed E-state index contributed by atoms with van der Waals surface area (Å²) in [6.45, 7) is 1.30. The van der Waals surface area contributed by atoms with Crippen LogP contribution in [0.25, 0.3) is 0 Å². The predicted molar refractivity (Wildman–Crippen MR) is 53.5 cm³/mol. The Bertz CT molecular complexity index is 273. The van der Waals surface area contributed by atoms with Crippen LogP contribution >= 0.6 is 22.6 Å². The van der Waals surface area contributed by atoms with Crippen molar-refractivity contribution in [3.05, 3.63) is 33.1 Å². The highest BCUT2D eigenvalue weighted by Gasteiger charge is 2.09. The van der Waals surface area contributed by atoms with Crippen molar-refractivity contribution in [2.75, 3.05) is 6.67 Å². The molecule has 1 aromatic rings. The molecule has 0 fully saturated rings. The summed E-state index contributed by atoms with van der Waals surface area (Å²) in [5.41, 5.74) is 0.748. The minimum atomic E-state index is -0.445. The highest BCUT2D eigenvalue weighted by Crippen LogP contribution is 2.22. The molecule has 1 rings (SSSR count). The molecule has 0 heterocycles. The molecule has 0 amide bonds. The molecule has 1 aromatic carbocycles. The van der Waals surface area contributed by atoms with E-state index >= 15 is 0 Å². The molecule has 0 aliphatic carbocycles. The zero-order valence-corrected chi connectivity index (χ0v) is 8.81. The molecule has 0 radical (unpaired) electrons. The van der Waals surface area contributed by atoms with Crippen molar-refractivity contribution in [1.29, 1.82) is 0 Å². The molecule has 0 aliphatic rings. The number of benzene rings is 1. The third kappa shape index (κ3) is 2.15. The van der Waals surface area contributed by atoms with Crippen LogP contribution in [0.4, 0.5) is 8.78 Å². The lowest BCUT2D eigenvalue weighted by atomic mass is 10.0. The van der Waals surface area contributed by atoms with Gasteiger partial charge in [0.1, 0.15) is 5.82 Å². The summed E-state index contributed by atoms with van der Waals surface area (Å²) in [6.07, 6.45) is 0. The van der Waals surface area contributed by atoms with Crippen molar-refractivity contribution in [2.24, 2.45) is 0 Å². The molecule has 12 heavy (non-hydrogen) atoms. The maximum Gasteiger partial charge on any atom is 0.123 e. The number of hydrogen-bond donors (Lipinski definition) is 0. The summed E-state index contributed by atoms with van der Waals surface area (Å²) >= 11 is 2.08. The van der Waals surface area contributed by atoms with Gasteiger partial charge in [-0.25, -0.2) is 4.39 Å². The summed E-state index contributed by atoms with van der Waals surface area (Å²) in [6, 6.07) is 4.44. The standard InChI is InChI=1S/C9H9F2I/c1-6(5-10)8-4-7(11)2-3-9(8)12/h2-4,6H,5H2,1H3. The molecule has 0 saturated heterocycles. The zero-order valence-electron chi connectivity index (χ0n) is 6.65. The van der Waals surface area contributed by atoms with Crippen LogP contribution in [0, 0.1) is 9.39 Å². The average Bonchev–Trinajstić information content (AvgIpc) is 2.08. The average molecular weight is 282 g/mol. The van der Waals surface area contributed by atoms with Gasteiger partial charge in [-0.1, -0.05) is 6.92 Å². The highest BCUT2D eigenvalue weighted by atomic mass is 127. The Morgan fingerprint density at radius 2 is 2.17 bits per heavy atom. The van der Waals surface area contributed by atoms with Gasteiger partial charge in [-0.3, -0.25) is 4.39 Å². The molecule has 0 aliphatic heterocycles. The van der Waals surface area contributed by atoms with Crippen LogP contribution in [0.3, 0.4) is 0 Å². The van der Waals surface area contributed by atoms with Crippen molar-refractivity contribution in [1.82, 2.24) is 0 Å². The topological polar surface area (TPSA) is 0 Å². The Hall–Kier alpha value is -0.190. The summed E-state index contributed by atoms with van der Waals surface area (Å²) in [7, 11) is 0. The molecular formula is C9H9F2I. The molecule has 0 saturated carbocycles. The van der Waals surface area contributed by atoms with Gasteiger partial charge in [-0.05, 0) is 46.4 Å². The number of halogens is 3. The third-order valence-corrected chi connectivity index (χ3v) is 2.70. The van der Waals surface area contributed by atoms with E-state index in [1.54, 1.807) is 13.0 Å². The van der Waals surface area contributed by atoms with Crippen molar-refractivity contribution in [3.63, 3.8) is 0 Å². The molecule has 0 N–H and O–H groups in total. The molecule has 3 heteroatoms. The maximum absolute atomic E-state index is 12.7. The van der Waals surface area contributed by atoms with Gasteiger partial charge >= 0.3 is 0 Å². The van der Waals surface area contributed by atoms with E-state index in [-0.39, 0.29) is 11.7 Å². The molecule has 0 spiro atoms. The van der Waals surface area contributed by atoms with Gasteiger partial charge in [0.2, 0.25) is 0 Å². The third-order valence-electron chi connectivity index (χ3n) is 1.72. The van der Waals surface area contributed by atoms with E-state index in [0.29, 0.717) is 0 Å². The number of alkyl halides is 1. The van der Waals surface area contributed by atoms with Crippen LogP contribution in [0.2, 0.25) is 0 Å². The van der Waals surface area contributed by atoms with E-state index in [4.69, 9.17) is 0 Å². The molecule has 1 atom stereocenters. The molecule has 1 unspecified atom stereocenters. The van der Waals surface area contributed by atoms with Gasteiger partial charge in [0.25, 0.3) is 0 Å². The summed E-state index contributed by atoms with van der Waals surface area (Å²) in [5.74, 6) is -0.515. The van der Waals surface area contributed by atoms with Gasteiger partial charge in [0.15, 0.2) is 0 Å². The quantitative estimate of drug-likeness (QED) is 0.728. The fourth-order valence-corrected chi connectivity index (χ4v) is 1.84. The molecule has 66 valence electrons. The van der Waals surface area contributed by atoms with E-state index in [2.05, 4.69) is 22.6 Å². The van der Waals surface area contributed by atoms with Crippen molar-refractivity contribution < 1.29 is 8.78 Å². The monoisotopic (exact) mass is 282 g/mol. The normalized spacial score (nSPS) is 13.0. The summed E-state index contributed by atoms with van der Waals surface area (Å²) in [4.78, 5) is 0. The van der Waals surface area contributed by atoms with E-state index in [1.807, 2.05) is 0 Å².